The summed E-state index contributed by atoms with van der Waals surface area (Å²) >= 11 is 5.86. The molecule has 3 aromatic carbocycles. The summed E-state index contributed by atoms with van der Waals surface area (Å²) in [6.07, 6.45) is 2.84. The van der Waals surface area contributed by atoms with E-state index in [1.807, 2.05) is 55.6 Å². The number of benzene rings is 3. The molecular weight excluding hydrogens is 458 g/mol. The van der Waals surface area contributed by atoms with Crippen LogP contribution in [0.3, 0.4) is 0 Å². The number of thiocarbonyl (C=S) groups is 1. The number of aromatic nitrogens is 1. The molecule has 0 fully saturated rings. The zero-order chi connectivity index (χ0) is 24.8. The summed E-state index contributed by atoms with van der Waals surface area (Å²) in [6.45, 7) is 5.72. The Morgan fingerprint density at radius 3 is 2.71 bits per heavy atom. The fourth-order valence-electron chi connectivity index (χ4n) is 4.05. The highest BCUT2D eigenvalue weighted by Crippen LogP contribution is 2.28. The minimum Gasteiger partial charge on any atom is -0.504 e. The van der Waals surface area contributed by atoms with Gasteiger partial charge in [0, 0.05) is 35.9 Å². The molecule has 1 heterocycles. The van der Waals surface area contributed by atoms with Crippen LogP contribution in [-0.4, -0.2) is 40.4 Å². The van der Waals surface area contributed by atoms with Crippen LogP contribution in [0.5, 0.6) is 17.2 Å². The first-order valence-corrected chi connectivity index (χ1v) is 12.1. The van der Waals surface area contributed by atoms with E-state index in [1.165, 1.54) is 5.56 Å². The topological polar surface area (TPSA) is 69.8 Å². The third kappa shape index (κ3) is 5.87. The van der Waals surface area contributed by atoms with Crippen LogP contribution >= 0.6 is 12.2 Å². The minimum atomic E-state index is 0.135. The second kappa shape index (κ2) is 11.1. The smallest absolute Gasteiger partial charge is 0.173 e. The van der Waals surface area contributed by atoms with Crippen LogP contribution in [0.2, 0.25) is 0 Å². The van der Waals surface area contributed by atoms with Crippen molar-refractivity contribution in [2.45, 2.75) is 26.8 Å². The Morgan fingerprint density at radius 1 is 1.11 bits per heavy atom. The first-order chi connectivity index (χ1) is 17.0. The Balaban J connectivity index is 1.58. The minimum absolute atomic E-state index is 0.135. The summed E-state index contributed by atoms with van der Waals surface area (Å²) in [5.41, 5.74) is 5.39. The molecule has 182 valence electrons. The number of aromatic amines is 1. The molecule has 3 N–H and O–H groups in total. The first-order valence-electron chi connectivity index (χ1n) is 11.7. The van der Waals surface area contributed by atoms with Gasteiger partial charge in [-0.1, -0.05) is 24.3 Å². The van der Waals surface area contributed by atoms with E-state index in [0.717, 1.165) is 39.9 Å². The number of hydrogen-bond donors (Lipinski definition) is 3. The Kier molecular flexibility index (Phi) is 7.77. The molecule has 0 amide bonds. The van der Waals surface area contributed by atoms with Crippen molar-refractivity contribution in [3.8, 4) is 17.2 Å². The number of aromatic hydroxyl groups is 1. The summed E-state index contributed by atoms with van der Waals surface area (Å²) in [7, 11) is 1.68. The molecule has 0 aliphatic carbocycles. The number of rotatable bonds is 9. The molecule has 0 spiro atoms. The molecule has 4 rings (SSSR count). The van der Waals surface area contributed by atoms with Crippen molar-refractivity contribution in [3.63, 3.8) is 0 Å². The van der Waals surface area contributed by atoms with Gasteiger partial charge in [-0.3, -0.25) is 0 Å². The number of phenols is 1. The van der Waals surface area contributed by atoms with Crippen molar-refractivity contribution in [2.75, 3.05) is 25.6 Å². The lowest BCUT2D eigenvalue weighted by molar-refractivity contribution is 0.317. The Hall–Kier alpha value is -3.71. The quantitative estimate of drug-likeness (QED) is 0.249. The normalized spacial score (nSPS) is 10.8. The number of nitrogens with zero attached hydrogens (tertiary/aromatic N) is 1. The van der Waals surface area contributed by atoms with Crippen molar-refractivity contribution < 1.29 is 14.6 Å². The number of hydrogen-bond acceptors (Lipinski definition) is 4. The fraction of sp³-hybridized carbons (Fsp3) is 0.250. The number of phenolic OH excluding ortho intramolecular Hbond substituents is 1. The lowest BCUT2D eigenvalue weighted by Gasteiger charge is -2.27. The van der Waals surface area contributed by atoms with E-state index in [2.05, 4.69) is 34.3 Å². The molecule has 0 saturated heterocycles. The zero-order valence-electron chi connectivity index (χ0n) is 20.3. The van der Waals surface area contributed by atoms with E-state index >= 15 is 0 Å². The lowest BCUT2D eigenvalue weighted by Crippen LogP contribution is -2.36. The third-order valence-electron chi connectivity index (χ3n) is 6.00. The number of para-hydroxylation sites is 1. The molecule has 0 saturated carbocycles. The number of ether oxygens (including phenoxy) is 2. The van der Waals surface area contributed by atoms with Gasteiger partial charge in [-0.15, -0.1) is 0 Å². The first kappa shape index (κ1) is 24.4. The van der Waals surface area contributed by atoms with Crippen LogP contribution < -0.4 is 14.8 Å². The molecule has 6 nitrogen and oxygen atoms in total. The lowest BCUT2D eigenvalue weighted by atomic mass is 10.1. The van der Waals surface area contributed by atoms with Gasteiger partial charge < -0.3 is 29.8 Å². The largest absolute Gasteiger partial charge is 0.504 e. The zero-order valence-corrected chi connectivity index (χ0v) is 21.1. The highest BCUT2D eigenvalue weighted by atomic mass is 32.1. The highest BCUT2D eigenvalue weighted by Gasteiger charge is 2.15. The van der Waals surface area contributed by atoms with Gasteiger partial charge in [-0.25, -0.2) is 0 Å². The Labute approximate surface area is 211 Å². The molecule has 0 bridgehead atoms. The number of fused-ring (bicyclic) bond motifs is 1. The highest BCUT2D eigenvalue weighted by molar-refractivity contribution is 7.80. The predicted octanol–water partition coefficient (Wildman–Crippen LogP) is 6.03. The van der Waals surface area contributed by atoms with Gasteiger partial charge in [0.2, 0.25) is 0 Å². The van der Waals surface area contributed by atoms with Gasteiger partial charge in [0.05, 0.1) is 13.7 Å². The van der Waals surface area contributed by atoms with Crippen LogP contribution in [0.15, 0.2) is 66.9 Å². The molecule has 0 radical (unpaired) electrons. The molecule has 35 heavy (non-hydrogen) atoms. The SMILES string of the molecule is CCOc1cc(CN(CCc2c[nH]c3ccc(OC)cc23)C(=S)Nc2ccccc2C)ccc1O. The van der Waals surface area contributed by atoms with Gasteiger partial charge in [-0.05, 0) is 85.6 Å². The van der Waals surface area contributed by atoms with Crippen LogP contribution in [-0.2, 0) is 13.0 Å². The van der Waals surface area contributed by atoms with Crippen LogP contribution in [0.25, 0.3) is 10.9 Å². The summed E-state index contributed by atoms with van der Waals surface area (Å²) in [5.74, 6) is 1.45. The van der Waals surface area contributed by atoms with Crippen LogP contribution in [0.1, 0.15) is 23.6 Å². The van der Waals surface area contributed by atoms with Gasteiger partial charge >= 0.3 is 0 Å². The van der Waals surface area contributed by atoms with E-state index in [1.54, 1.807) is 13.2 Å². The fourth-order valence-corrected chi connectivity index (χ4v) is 4.32. The third-order valence-corrected chi connectivity index (χ3v) is 6.36. The molecular formula is C28H31N3O3S. The van der Waals surface area contributed by atoms with Crippen LogP contribution in [0.4, 0.5) is 5.69 Å². The van der Waals surface area contributed by atoms with E-state index in [9.17, 15) is 5.11 Å². The van der Waals surface area contributed by atoms with E-state index in [0.29, 0.717) is 30.6 Å². The molecule has 0 unspecified atom stereocenters. The van der Waals surface area contributed by atoms with Crippen molar-refractivity contribution in [2.24, 2.45) is 0 Å². The predicted molar refractivity (Wildman–Crippen MR) is 146 cm³/mol. The second-order valence-corrected chi connectivity index (χ2v) is 8.76. The summed E-state index contributed by atoms with van der Waals surface area (Å²) in [5, 5.41) is 15.3. The maximum Gasteiger partial charge on any atom is 0.173 e. The summed E-state index contributed by atoms with van der Waals surface area (Å²) < 4.78 is 11.0. The number of methoxy groups -OCH3 is 1. The van der Waals surface area contributed by atoms with Crippen molar-refractivity contribution in [1.29, 1.82) is 0 Å². The average Bonchev–Trinajstić information content (AvgIpc) is 3.27. The number of anilines is 1. The monoisotopic (exact) mass is 489 g/mol. The van der Waals surface area contributed by atoms with E-state index < -0.39 is 0 Å². The molecule has 4 aromatic rings. The number of aryl methyl sites for hydroxylation is 1. The maximum absolute atomic E-state index is 10.1. The van der Waals surface area contributed by atoms with Gasteiger partial charge in [0.25, 0.3) is 0 Å². The molecule has 1 aromatic heterocycles. The molecule has 7 heteroatoms. The van der Waals surface area contributed by atoms with Gasteiger partial charge in [0.1, 0.15) is 5.75 Å². The van der Waals surface area contributed by atoms with E-state index in [4.69, 9.17) is 21.7 Å². The molecule has 0 aliphatic heterocycles. The van der Waals surface area contributed by atoms with Crippen molar-refractivity contribution in [3.05, 3.63) is 83.6 Å². The van der Waals surface area contributed by atoms with Crippen molar-refractivity contribution in [1.82, 2.24) is 9.88 Å². The van der Waals surface area contributed by atoms with Gasteiger partial charge in [0.15, 0.2) is 16.6 Å². The standard InChI is InChI=1S/C28H31N3O3S/c1-4-34-27-15-20(9-12-26(27)32)18-31(28(35)30-24-8-6-5-7-19(24)2)14-13-21-17-29-25-11-10-22(33-3)16-23(21)25/h5-12,15-17,29,32H,4,13-14,18H2,1-3H3,(H,30,35). The van der Waals surface area contributed by atoms with Gasteiger partial charge in [-0.2, -0.15) is 0 Å². The molecule has 0 atom stereocenters. The molecule has 0 aliphatic rings. The van der Waals surface area contributed by atoms with Crippen LogP contribution in [0, 0.1) is 6.92 Å². The maximum atomic E-state index is 10.1. The summed E-state index contributed by atoms with van der Waals surface area (Å²) in [6, 6.07) is 19.6. The second-order valence-electron chi connectivity index (χ2n) is 8.38. The van der Waals surface area contributed by atoms with E-state index in [-0.39, 0.29) is 5.75 Å². The summed E-state index contributed by atoms with van der Waals surface area (Å²) in [4.78, 5) is 5.49. The Morgan fingerprint density at radius 2 is 1.94 bits per heavy atom. The van der Waals surface area contributed by atoms with Crippen molar-refractivity contribution >= 4 is 33.9 Å². The number of nitrogens with one attached hydrogen (secondary N) is 2. The number of H-pyrrole nitrogens is 1. The average molecular weight is 490 g/mol. The Bertz CT molecular complexity index is 1320.